The van der Waals surface area contributed by atoms with E-state index >= 15 is 0 Å². The van der Waals surface area contributed by atoms with Crippen molar-refractivity contribution in [3.63, 3.8) is 0 Å². The Hall–Kier alpha value is -3.59. The van der Waals surface area contributed by atoms with Gasteiger partial charge in [0.25, 0.3) is 11.8 Å². The number of hydrogen-bond donors (Lipinski definition) is 2. The first-order chi connectivity index (χ1) is 14.4. The Kier molecular flexibility index (Phi) is 5.28. The van der Waals surface area contributed by atoms with E-state index in [0.29, 0.717) is 35.6 Å². The maximum absolute atomic E-state index is 12.7. The highest BCUT2D eigenvalue weighted by Crippen LogP contribution is 2.25. The van der Waals surface area contributed by atoms with Crippen LogP contribution in [0.2, 0.25) is 0 Å². The Labute approximate surface area is 173 Å². The van der Waals surface area contributed by atoms with Gasteiger partial charge in [0.15, 0.2) is 5.76 Å². The molecule has 0 radical (unpaired) electrons. The summed E-state index contributed by atoms with van der Waals surface area (Å²) in [6.45, 7) is 0.408. The topological polar surface area (TPSA) is 109 Å². The fourth-order valence-electron chi connectivity index (χ4n) is 3.21. The molecule has 2 amide bonds. The number of sulfonamides is 1. The summed E-state index contributed by atoms with van der Waals surface area (Å²) in [6, 6.07) is 16.4. The van der Waals surface area contributed by atoms with E-state index in [0.717, 1.165) is 0 Å². The summed E-state index contributed by atoms with van der Waals surface area (Å²) in [5, 5.41) is 5.46. The molecule has 3 aromatic rings. The average molecular weight is 425 g/mol. The van der Waals surface area contributed by atoms with E-state index in [2.05, 4.69) is 10.6 Å². The first kappa shape index (κ1) is 19.7. The highest BCUT2D eigenvalue weighted by atomic mass is 32.2. The van der Waals surface area contributed by atoms with Crippen molar-refractivity contribution in [3.8, 4) is 0 Å². The number of carbonyl (C=O) groups excluding carboxylic acids is 2. The molecule has 0 unspecified atom stereocenters. The molecule has 1 aliphatic heterocycles. The summed E-state index contributed by atoms with van der Waals surface area (Å²) in [4.78, 5) is 24.8. The van der Waals surface area contributed by atoms with Gasteiger partial charge in [-0.3, -0.25) is 13.9 Å². The lowest BCUT2D eigenvalue weighted by Gasteiger charge is -2.17. The highest BCUT2D eigenvalue weighted by Gasteiger charge is 2.28. The molecule has 0 spiro atoms. The second-order valence-electron chi connectivity index (χ2n) is 6.76. The van der Waals surface area contributed by atoms with Crippen molar-refractivity contribution in [3.05, 3.63) is 78.3 Å². The molecule has 2 aromatic carbocycles. The zero-order valence-corrected chi connectivity index (χ0v) is 16.7. The second-order valence-corrected chi connectivity index (χ2v) is 8.77. The molecule has 1 aliphatic rings. The first-order valence-corrected chi connectivity index (χ1v) is 10.9. The van der Waals surface area contributed by atoms with Crippen LogP contribution in [0.1, 0.15) is 27.3 Å². The zero-order valence-electron chi connectivity index (χ0n) is 15.9. The van der Waals surface area contributed by atoms with Crippen LogP contribution in [0.3, 0.4) is 0 Å². The molecule has 0 saturated carbocycles. The third kappa shape index (κ3) is 4.20. The van der Waals surface area contributed by atoms with Gasteiger partial charge in [0.05, 0.1) is 17.7 Å². The minimum Gasteiger partial charge on any atom is -0.459 e. The number of hydrogen-bond acceptors (Lipinski definition) is 5. The molecule has 0 atom stereocenters. The average Bonchev–Trinajstić information content (AvgIpc) is 3.38. The van der Waals surface area contributed by atoms with E-state index < -0.39 is 15.9 Å². The first-order valence-electron chi connectivity index (χ1n) is 9.29. The molecular weight excluding hydrogens is 406 g/mol. The molecule has 4 rings (SSSR count). The third-order valence-corrected chi connectivity index (χ3v) is 6.49. The SMILES string of the molecule is O=C(Nc1cccc(NC(=O)c2ccco2)c1)c1cccc(N2CCCS2(=O)=O)c1. The number of nitrogens with zero attached hydrogens (tertiary/aromatic N) is 1. The minimum absolute atomic E-state index is 0.111. The number of benzene rings is 2. The van der Waals surface area contributed by atoms with Crippen LogP contribution in [-0.4, -0.2) is 32.5 Å². The van der Waals surface area contributed by atoms with Crippen molar-refractivity contribution in [2.75, 3.05) is 27.2 Å². The molecule has 2 heterocycles. The predicted molar refractivity (Wildman–Crippen MR) is 113 cm³/mol. The van der Waals surface area contributed by atoms with Crippen LogP contribution < -0.4 is 14.9 Å². The van der Waals surface area contributed by atoms with Crippen LogP contribution >= 0.6 is 0 Å². The molecule has 154 valence electrons. The lowest BCUT2D eigenvalue weighted by atomic mass is 10.1. The van der Waals surface area contributed by atoms with Gasteiger partial charge < -0.3 is 15.1 Å². The molecule has 1 saturated heterocycles. The monoisotopic (exact) mass is 425 g/mol. The summed E-state index contributed by atoms with van der Waals surface area (Å²) in [5.74, 6) is -0.496. The number of carbonyl (C=O) groups is 2. The van der Waals surface area contributed by atoms with Crippen molar-refractivity contribution < 1.29 is 22.4 Å². The molecular formula is C21H19N3O5S. The number of rotatable bonds is 5. The molecule has 0 aliphatic carbocycles. The molecule has 1 aromatic heterocycles. The van der Waals surface area contributed by atoms with Crippen molar-refractivity contribution in [1.29, 1.82) is 0 Å². The van der Waals surface area contributed by atoms with Crippen molar-refractivity contribution in [2.24, 2.45) is 0 Å². The molecule has 30 heavy (non-hydrogen) atoms. The summed E-state index contributed by atoms with van der Waals surface area (Å²) >= 11 is 0. The summed E-state index contributed by atoms with van der Waals surface area (Å²) in [7, 11) is -3.32. The Bertz CT molecular complexity index is 1190. The van der Waals surface area contributed by atoms with E-state index in [9.17, 15) is 18.0 Å². The van der Waals surface area contributed by atoms with Gasteiger partial charge in [-0.05, 0) is 55.0 Å². The van der Waals surface area contributed by atoms with Crippen LogP contribution in [0, 0.1) is 0 Å². The summed E-state index contributed by atoms with van der Waals surface area (Å²) < 4.78 is 30.6. The number of anilines is 3. The van der Waals surface area contributed by atoms with Gasteiger partial charge in [-0.25, -0.2) is 8.42 Å². The maximum Gasteiger partial charge on any atom is 0.291 e. The van der Waals surface area contributed by atoms with Crippen LogP contribution in [0.4, 0.5) is 17.1 Å². The Balaban J connectivity index is 1.48. The second kappa shape index (κ2) is 8.03. The van der Waals surface area contributed by atoms with Gasteiger partial charge in [-0.1, -0.05) is 12.1 Å². The van der Waals surface area contributed by atoms with Crippen LogP contribution in [-0.2, 0) is 10.0 Å². The van der Waals surface area contributed by atoms with Crippen LogP contribution in [0.25, 0.3) is 0 Å². The molecule has 0 bridgehead atoms. The van der Waals surface area contributed by atoms with E-state index in [1.165, 1.54) is 10.6 Å². The lowest BCUT2D eigenvalue weighted by Crippen LogP contribution is -2.25. The van der Waals surface area contributed by atoms with Crippen molar-refractivity contribution in [2.45, 2.75) is 6.42 Å². The maximum atomic E-state index is 12.7. The predicted octanol–water partition coefficient (Wildman–Crippen LogP) is 3.32. The fourth-order valence-corrected chi connectivity index (χ4v) is 4.77. The molecule has 2 N–H and O–H groups in total. The lowest BCUT2D eigenvalue weighted by molar-refractivity contribution is 0.0995. The molecule has 8 nitrogen and oxygen atoms in total. The fraction of sp³-hybridized carbons (Fsp3) is 0.143. The number of furan rings is 1. The van der Waals surface area contributed by atoms with Gasteiger partial charge in [0.2, 0.25) is 10.0 Å². The summed E-state index contributed by atoms with van der Waals surface area (Å²) in [6.07, 6.45) is 1.97. The summed E-state index contributed by atoms with van der Waals surface area (Å²) in [5.41, 5.74) is 1.78. The van der Waals surface area contributed by atoms with Gasteiger partial charge in [-0.2, -0.15) is 0 Å². The standard InChI is InChI=1S/C21H19N3O5S/c25-20(15-5-1-8-18(13-15)24-10-4-12-30(24,27)28)22-16-6-2-7-17(14-16)23-21(26)19-9-3-11-29-19/h1-3,5-9,11,13-14H,4,10,12H2,(H,22,25)(H,23,26). The van der Waals surface area contributed by atoms with Gasteiger partial charge in [0, 0.05) is 23.5 Å². The Morgan fingerprint density at radius 2 is 1.63 bits per heavy atom. The zero-order chi connectivity index (χ0) is 21.1. The Morgan fingerprint density at radius 1 is 0.900 bits per heavy atom. The highest BCUT2D eigenvalue weighted by molar-refractivity contribution is 7.93. The number of nitrogens with one attached hydrogen (secondary N) is 2. The number of amides is 2. The van der Waals surface area contributed by atoms with E-state index in [1.807, 2.05) is 0 Å². The van der Waals surface area contributed by atoms with Crippen LogP contribution in [0.5, 0.6) is 0 Å². The van der Waals surface area contributed by atoms with Gasteiger partial charge in [0.1, 0.15) is 0 Å². The largest absolute Gasteiger partial charge is 0.459 e. The van der Waals surface area contributed by atoms with Crippen LogP contribution in [0.15, 0.2) is 71.3 Å². The smallest absolute Gasteiger partial charge is 0.291 e. The Morgan fingerprint density at radius 3 is 2.30 bits per heavy atom. The van der Waals surface area contributed by atoms with Crippen molar-refractivity contribution in [1.82, 2.24) is 0 Å². The molecule has 1 fully saturated rings. The quantitative estimate of drug-likeness (QED) is 0.652. The van der Waals surface area contributed by atoms with Crippen molar-refractivity contribution >= 4 is 38.9 Å². The minimum atomic E-state index is -3.32. The normalized spacial score (nSPS) is 15.0. The van der Waals surface area contributed by atoms with E-state index in [4.69, 9.17) is 4.42 Å². The van der Waals surface area contributed by atoms with E-state index in [1.54, 1.807) is 60.7 Å². The van der Waals surface area contributed by atoms with Gasteiger partial charge >= 0.3 is 0 Å². The van der Waals surface area contributed by atoms with E-state index in [-0.39, 0.29) is 17.4 Å². The third-order valence-electron chi connectivity index (χ3n) is 4.62. The molecule has 9 heteroatoms. The van der Waals surface area contributed by atoms with Gasteiger partial charge in [-0.15, -0.1) is 0 Å².